The summed E-state index contributed by atoms with van der Waals surface area (Å²) in [5.41, 5.74) is 0.615. The van der Waals surface area contributed by atoms with Crippen LogP contribution in [0.3, 0.4) is 0 Å². The maximum absolute atomic E-state index is 12.8. The van der Waals surface area contributed by atoms with Crippen LogP contribution >= 0.6 is 0 Å². The summed E-state index contributed by atoms with van der Waals surface area (Å²) in [4.78, 5) is 11.0. The highest BCUT2D eigenvalue weighted by atomic mass is 32.2. The van der Waals surface area contributed by atoms with Gasteiger partial charge in [0.15, 0.2) is 0 Å². The normalized spacial score (nSPS) is 14.3. The minimum atomic E-state index is -3.78. The average molecular weight is 407 g/mol. The summed E-state index contributed by atoms with van der Waals surface area (Å²) in [7, 11) is -3.78. The number of nitrogens with zero attached hydrogens (tertiary/aromatic N) is 3. The molecule has 1 aliphatic rings. The Morgan fingerprint density at radius 3 is 2.57 bits per heavy atom. The van der Waals surface area contributed by atoms with Crippen molar-refractivity contribution in [3.63, 3.8) is 0 Å². The lowest BCUT2D eigenvalue weighted by Gasteiger charge is -2.16. The lowest BCUT2D eigenvalue weighted by atomic mass is 10.3. The van der Waals surface area contributed by atoms with Crippen LogP contribution in [-0.4, -0.2) is 44.7 Å². The first-order chi connectivity index (χ1) is 13.5. The molecule has 28 heavy (non-hydrogen) atoms. The summed E-state index contributed by atoms with van der Waals surface area (Å²) in [6.07, 6.45) is 3.91. The van der Waals surface area contributed by atoms with Crippen molar-refractivity contribution < 1.29 is 17.9 Å². The van der Waals surface area contributed by atoms with Crippen LogP contribution < -0.4 is 19.1 Å². The quantitative estimate of drug-likeness (QED) is 0.683. The van der Waals surface area contributed by atoms with Crippen molar-refractivity contribution in [2.75, 3.05) is 31.2 Å². The van der Waals surface area contributed by atoms with E-state index in [0.29, 0.717) is 30.6 Å². The third-order valence-electron chi connectivity index (χ3n) is 4.35. The van der Waals surface area contributed by atoms with Gasteiger partial charge < -0.3 is 14.4 Å². The molecule has 0 unspecified atom stereocenters. The van der Waals surface area contributed by atoms with E-state index >= 15 is 0 Å². The van der Waals surface area contributed by atoms with Gasteiger partial charge in [0.05, 0.1) is 25.5 Å². The minimum Gasteiger partial charge on any atom is -0.494 e. The Labute approximate surface area is 166 Å². The number of rotatable bonds is 9. The molecule has 0 atom stereocenters. The first kappa shape index (κ1) is 20.3. The third kappa shape index (κ3) is 4.90. The third-order valence-corrected chi connectivity index (χ3v) is 5.79. The molecule has 0 radical (unpaired) electrons. The summed E-state index contributed by atoms with van der Waals surface area (Å²) in [5.74, 6) is 1.47. The van der Waals surface area contributed by atoms with Gasteiger partial charge in [0.1, 0.15) is 16.4 Å². The van der Waals surface area contributed by atoms with Crippen molar-refractivity contribution >= 4 is 16.0 Å². The summed E-state index contributed by atoms with van der Waals surface area (Å²) >= 11 is 0. The van der Waals surface area contributed by atoms with E-state index in [0.717, 1.165) is 25.9 Å². The zero-order chi connectivity index (χ0) is 20.0. The van der Waals surface area contributed by atoms with Crippen molar-refractivity contribution in [3.8, 4) is 11.5 Å². The number of hydrogen-bond donors (Lipinski definition) is 1. The van der Waals surface area contributed by atoms with E-state index in [9.17, 15) is 8.42 Å². The number of anilines is 1. The Bertz CT molecular complexity index is 899. The van der Waals surface area contributed by atoms with Gasteiger partial charge in [0.25, 0.3) is 0 Å². The zero-order valence-electron chi connectivity index (χ0n) is 16.2. The number of hydrogen-bond acceptors (Lipinski definition) is 7. The van der Waals surface area contributed by atoms with Crippen LogP contribution in [0.4, 0.5) is 5.95 Å². The molecular formula is C19H26N4O4S. The standard InChI is InChI=1S/C19H26N4O4S/c1-3-26-16-7-8-18(17(13-16)27-4-2)28(24,25)21-14-15-9-10-20-19(22-15)23-11-5-6-12-23/h7-10,13,21H,3-6,11-12,14H2,1-2H3. The number of nitrogens with one attached hydrogen (secondary N) is 1. The van der Waals surface area contributed by atoms with Gasteiger partial charge in [0.2, 0.25) is 16.0 Å². The highest BCUT2D eigenvalue weighted by Gasteiger charge is 2.21. The SMILES string of the molecule is CCOc1ccc(S(=O)(=O)NCc2ccnc(N3CCCC3)n2)c(OCC)c1. The fourth-order valence-electron chi connectivity index (χ4n) is 3.03. The van der Waals surface area contributed by atoms with Gasteiger partial charge in [-0.05, 0) is 44.9 Å². The maximum Gasteiger partial charge on any atom is 0.244 e. The van der Waals surface area contributed by atoms with Crippen LogP contribution in [0.2, 0.25) is 0 Å². The molecule has 1 saturated heterocycles. The zero-order valence-corrected chi connectivity index (χ0v) is 17.0. The van der Waals surface area contributed by atoms with Crippen LogP contribution in [0.1, 0.15) is 32.4 Å². The predicted octanol–water partition coefficient (Wildman–Crippen LogP) is 2.35. The number of aromatic nitrogens is 2. The van der Waals surface area contributed by atoms with E-state index in [1.54, 1.807) is 31.3 Å². The molecule has 152 valence electrons. The molecule has 0 bridgehead atoms. The van der Waals surface area contributed by atoms with Gasteiger partial charge in [-0.25, -0.2) is 23.1 Å². The van der Waals surface area contributed by atoms with E-state index < -0.39 is 10.0 Å². The van der Waals surface area contributed by atoms with E-state index in [4.69, 9.17) is 9.47 Å². The van der Waals surface area contributed by atoms with Crippen LogP contribution in [0.5, 0.6) is 11.5 Å². The monoisotopic (exact) mass is 406 g/mol. The van der Waals surface area contributed by atoms with Gasteiger partial charge >= 0.3 is 0 Å². The van der Waals surface area contributed by atoms with E-state index in [1.807, 2.05) is 6.92 Å². The number of ether oxygens (including phenoxy) is 2. The molecule has 1 aromatic heterocycles. The van der Waals surface area contributed by atoms with Crippen molar-refractivity contribution in [1.29, 1.82) is 0 Å². The van der Waals surface area contributed by atoms with Crippen molar-refractivity contribution in [2.24, 2.45) is 0 Å². The fourth-order valence-corrected chi connectivity index (χ4v) is 4.16. The van der Waals surface area contributed by atoms with E-state index in [-0.39, 0.29) is 17.2 Å². The number of sulfonamides is 1. The first-order valence-electron chi connectivity index (χ1n) is 9.49. The van der Waals surface area contributed by atoms with Crippen LogP contribution in [0.25, 0.3) is 0 Å². The molecule has 0 saturated carbocycles. The lowest BCUT2D eigenvalue weighted by Crippen LogP contribution is -2.25. The topological polar surface area (TPSA) is 93.7 Å². The Hall–Kier alpha value is -2.39. The lowest BCUT2D eigenvalue weighted by molar-refractivity contribution is 0.317. The molecular weight excluding hydrogens is 380 g/mol. The highest BCUT2D eigenvalue weighted by Crippen LogP contribution is 2.29. The molecule has 2 heterocycles. The molecule has 0 amide bonds. The van der Waals surface area contributed by atoms with Crippen molar-refractivity contribution in [1.82, 2.24) is 14.7 Å². The molecule has 9 heteroatoms. The summed E-state index contributed by atoms with van der Waals surface area (Å²) in [6.45, 7) is 6.44. The average Bonchev–Trinajstić information content (AvgIpc) is 3.22. The summed E-state index contributed by atoms with van der Waals surface area (Å²) in [5, 5.41) is 0. The Morgan fingerprint density at radius 1 is 1.11 bits per heavy atom. The van der Waals surface area contributed by atoms with Gasteiger partial charge in [-0.2, -0.15) is 0 Å². The summed E-state index contributed by atoms with van der Waals surface area (Å²) < 4.78 is 39.2. The minimum absolute atomic E-state index is 0.0739. The number of benzene rings is 1. The molecule has 1 N–H and O–H groups in total. The van der Waals surface area contributed by atoms with Gasteiger partial charge in [-0.1, -0.05) is 0 Å². The van der Waals surface area contributed by atoms with Gasteiger partial charge in [-0.15, -0.1) is 0 Å². The second kappa shape index (κ2) is 9.20. The van der Waals surface area contributed by atoms with Crippen LogP contribution in [-0.2, 0) is 16.6 Å². The molecule has 8 nitrogen and oxygen atoms in total. The maximum atomic E-state index is 12.8. The molecule has 1 aliphatic heterocycles. The predicted molar refractivity (Wildman–Crippen MR) is 106 cm³/mol. The second-order valence-electron chi connectivity index (χ2n) is 6.34. The Balaban J connectivity index is 1.76. The van der Waals surface area contributed by atoms with E-state index in [2.05, 4.69) is 19.6 Å². The molecule has 0 spiro atoms. The fraction of sp³-hybridized carbons (Fsp3) is 0.474. The van der Waals surface area contributed by atoms with Crippen molar-refractivity contribution in [3.05, 3.63) is 36.2 Å². The molecule has 2 aromatic rings. The summed E-state index contributed by atoms with van der Waals surface area (Å²) in [6, 6.07) is 6.42. The smallest absolute Gasteiger partial charge is 0.244 e. The van der Waals surface area contributed by atoms with Crippen LogP contribution in [0.15, 0.2) is 35.4 Å². The molecule has 3 rings (SSSR count). The molecule has 1 aromatic carbocycles. The van der Waals surface area contributed by atoms with E-state index in [1.165, 1.54) is 6.07 Å². The second-order valence-corrected chi connectivity index (χ2v) is 8.08. The largest absolute Gasteiger partial charge is 0.494 e. The highest BCUT2D eigenvalue weighted by molar-refractivity contribution is 7.89. The first-order valence-corrected chi connectivity index (χ1v) is 11.0. The van der Waals surface area contributed by atoms with Crippen LogP contribution in [0, 0.1) is 0 Å². The van der Waals surface area contributed by atoms with Gasteiger partial charge in [-0.3, -0.25) is 0 Å². The molecule has 1 fully saturated rings. The Morgan fingerprint density at radius 2 is 1.86 bits per heavy atom. The Kier molecular flexibility index (Phi) is 6.69. The van der Waals surface area contributed by atoms with Crippen molar-refractivity contribution in [2.45, 2.75) is 38.1 Å². The van der Waals surface area contributed by atoms with Gasteiger partial charge in [0, 0.05) is 25.4 Å². The molecule has 0 aliphatic carbocycles.